The van der Waals surface area contributed by atoms with Crippen molar-refractivity contribution >= 4 is 45.3 Å². The fourth-order valence-electron chi connectivity index (χ4n) is 3.80. The van der Waals surface area contributed by atoms with E-state index in [9.17, 15) is 4.79 Å². The van der Waals surface area contributed by atoms with Crippen molar-refractivity contribution in [2.24, 2.45) is 0 Å². The quantitative estimate of drug-likeness (QED) is 0.403. The third kappa shape index (κ3) is 4.22. The fourth-order valence-corrected chi connectivity index (χ4v) is 4.63. The van der Waals surface area contributed by atoms with Crippen LogP contribution in [0, 0.1) is 0 Å². The number of anilines is 3. The largest absolute Gasteiger partial charge is 0.382 e. The molecule has 1 saturated heterocycles. The summed E-state index contributed by atoms with van der Waals surface area (Å²) in [5.74, 6) is 0.645. The Morgan fingerprint density at radius 3 is 2.94 bits per heavy atom. The van der Waals surface area contributed by atoms with Crippen LogP contribution in [-0.2, 0) is 0 Å². The molecule has 4 aromatic rings. The topological polar surface area (TPSA) is 108 Å². The number of nitrogens with zero attached hydrogens (tertiary/aromatic N) is 5. The highest BCUT2D eigenvalue weighted by Crippen LogP contribution is 2.36. The third-order valence-corrected chi connectivity index (χ3v) is 6.65. The van der Waals surface area contributed by atoms with Gasteiger partial charge in [-0.1, -0.05) is 17.4 Å². The highest BCUT2D eigenvalue weighted by atomic mass is 32.1. The van der Waals surface area contributed by atoms with Crippen LogP contribution in [-0.4, -0.2) is 56.8 Å². The molecule has 1 amide bonds. The molecule has 3 aromatic heterocycles. The van der Waals surface area contributed by atoms with Crippen LogP contribution in [0.15, 0.2) is 48.8 Å². The molecule has 4 heterocycles. The Kier molecular flexibility index (Phi) is 5.08. The molecule has 10 heteroatoms. The standard InChI is InChI=1S/C23H22N8OS/c32-23(31-9-8-24-13-31)22-30-29-21(33-22)17-12-26-20(11-19(17)27-15-3-4-15)28-16-5-6-18-14(10-16)2-1-7-25-18/h1-2,5-7,10-12,15,24H,3-4,8-9,13H2,(H2,26,27,28). The van der Waals surface area contributed by atoms with Crippen molar-refractivity contribution in [2.75, 3.05) is 30.4 Å². The first-order chi connectivity index (χ1) is 16.2. The number of hydrogen-bond donors (Lipinski definition) is 3. The Morgan fingerprint density at radius 1 is 1.15 bits per heavy atom. The molecule has 0 atom stereocenters. The van der Waals surface area contributed by atoms with Crippen LogP contribution in [0.4, 0.5) is 17.2 Å². The first-order valence-corrected chi connectivity index (χ1v) is 11.8. The smallest absolute Gasteiger partial charge is 0.285 e. The first-order valence-electron chi connectivity index (χ1n) is 11.0. The van der Waals surface area contributed by atoms with Crippen molar-refractivity contribution in [1.29, 1.82) is 0 Å². The van der Waals surface area contributed by atoms with Gasteiger partial charge in [0.05, 0.1) is 17.7 Å². The minimum absolute atomic E-state index is 0.0857. The van der Waals surface area contributed by atoms with E-state index in [1.807, 2.05) is 30.3 Å². The van der Waals surface area contributed by atoms with Crippen LogP contribution in [0.1, 0.15) is 22.6 Å². The van der Waals surface area contributed by atoms with Gasteiger partial charge in [0.25, 0.3) is 5.91 Å². The molecule has 3 N–H and O–H groups in total. The Morgan fingerprint density at radius 2 is 2.09 bits per heavy atom. The molecule has 1 aromatic carbocycles. The molecular weight excluding hydrogens is 436 g/mol. The average molecular weight is 459 g/mol. The summed E-state index contributed by atoms with van der Waals surface area (Å²) in [6.07, 6.45) is 5.87. The van der Waals surface area contributed by atoms with Gasteiger partial charge < -0.3 is 15.5 Å². The van der Waals surface area contributed by atoms with Gasteiger partial charge in [-0.25, -0.2) is 4.98 Å². The van der Waals surface area contributed by atoms with E-state index in [2.05, 4.69) is 42.2 Å². The summed E-state index contributed by atoms with van der Waals surface area (Å²) in [6, 6.07) is 12.5. The van der Waals surface area contributed by atoms with E-state index in [-0.39, 0.29) is 5.91 Å². The lowest BCUT2D eigenvalue weighted by Crippen LogP contribution is -2.29. The molecule has 1 aliphatic carbocycles. The monoisotopic (exact) mass is 458 g/mol. The minimum Gasteiger partial charge on any atom is -0.382 e. The second kappa shape index (κ2) is 8.38. The number of rotatable bonds is 6. The molecule has 0 radical (unpaired) electrons. The van der Waals surface area contributed by atoms with Gasteiger partial charge >= 0.3 is 0 Å². The predicted octanol–water partition coefficient (Wildman–Crippen LogP) is 3.47. The van der Waals surface area contributed by atoms with Crippen LogP contribution in [0.2, 0.25) is 0 Å². The van der Waals surface area contributed by atoms with E-state index in [1.165, 1.54) is 11.3 Å². The zero-order valence-corrected chi connectivity index (χ0v) is 18.6. The highest BCUT2D eigenvalue weighted by Gasteiger charge is 2.26. The summed E-state index contributed by atoms with van der Waals surface area (Å²) in [6.45, 7) is 2.04. The van der Waals surface area contributed by atoms with Gasteiger partial charge in [0.1, 0.15) is 5.82 Å². The summed E-state index contributed by atoms with van der Waals surface area (Å²) in [4.78, 5) is 23.4. The summed E-state index contributed by atoms with van der Waals surface area (Å²) in [5, 5.41) is 20.8. The van der Waals surface area contributed by atoms with Crippen molar-refractivity contribution < 1.29 is 4.79 Å². The molecule has 0 bridgehead atoms. The van der Waals surface area contributed by atoms with Gasteiger partial charge in [0.15, 0.2) is 5.01 Å². The number of aromatic nitrogens is 4. The van der Waals surface area contributed by atoms with E-state index in [1.54, 1.807) is 17.3 Å². The lowest BCUT2D eigenvalue weighted by Gasteiger charge is -2.13. The number of fused-ring (bicyclic) bond motifs is 1. The molecule has 1 aliphatic heterocycles. The van der Waals surface area contributed by atoms with Gasteiger partial charge in [-0.15, -0.1) is 10.2 Å². The van der Waals surface area contributed by atoms with Crippen molar-refractivity contribution in [3.63, 3.8) is 0 Å². The number of hydrogen-bond acceptors (Lipinski definition) is 9. The van der Waals surface area contributed by atoms with Crippen LogP contribution < -0.4 is 16.0 Å². The van der Waals surface area contributed by atoms with Crippen LogP contribution in [0.5, 0.6) is 0 Å². The van der Waals surface area contributed by atoms with Crippen LogP contribution in [0.3, 0.4) is 0 Å². The van der Waals surface area contributed by atoms with Gasteiger partial charge in [0.2, 0.25) is 5.01 Å². The Hall–Kier alpha value is -3.63. The van der Waals surface area contributed by atoms with Gasteiger partial charge in [-0.2, -0.15) is 0 Å². The number of nitrogens with one attached hydrogen (secondary N) is 3. The number of carbonyl (C=O) groups excluding carboxylic acids is 1. The Labute approximate surface area is 194 Å². The van der Waals surface area contributed by atoms with E-state index in [0.717, 1.165) is 53.0 Å². The summed E-state index contributed by atoms with van der Waals surface area (Å²) < 4.78 is 0. The SMILES string of the molecule is O=C(c1nnc(-c2cnc(Nc3ccc4ncccc4c3)cc2NC2CC2)s1)N1CCNC1. The molecule has 0 spiro atoms. The van der Waals surface area contributed by atoms with E-state index < -0.39 is 0 Å². The van der Waals surface area contributed by atoms with E-state index in [0.29, 0.717) is 29.3 Å². The highest BCUT2D eigenvalue weighted by molar-refractivity contribution is 7.16. The summed E-state index contributed by atoms with van der Waals surface area (Å²) in [7, 11) is 0. The molecule has 33 heavy (non-hydrogen) atoms. The number of pyridine rings is 2. The number of carbonyl (C=O) groups is 1. The maximum absolute atomic E-state index is 12.7. The summed E-state index contributed by atoms with van der Waals surface area (Å²) >= 11 is 1.31. The molecule has 166 valence electrons. The molecular formula is C23H22N8OS. The average Bonchev–Trinajstić information content (AvgIpc) is 3.28. The van der Waals surface area contributed by atoms with E-state index >= 15 is 0 Å². The second-order valence-corrected chi connectivity index (χ2v) is 9.19. The number of benzene rings is 1. The van der Waals surface area contributed by atoms with Crippen molar-refractivity contribution in [2.45, 2.75) is 18.9 Å². The molecule has 1 saturated carbocycles. The normalized spacial score (nSPS) is 15.7. The van der Waals surface area contributed by atoms with Crippen molar-refractivity contribution in [3.8, 4) is 10.6 Å². The Bertz CT molecular complexity index is 1330. The summed E-state index contributed by atoms with van der Waals surface area (Å²) in [5.41, 5.74) is 3.69. The van der Waals surface area contributed by atoms with Crippen molar-refractivity contribution in [1.82, 2.24) is 30.4 Å². The molecule has 0 unspecified atom stereocenters. The third-order valence-electron chi connectivity index (χ3n) is 5.70. The molecule has 9 nitrogen and oxygen atoms in total. The maximum atomic E-state index is 12.7. The predicted molar refractivity (Wildman–Crippen MR) is 129 cm³/mol. The zero-order valence-electron chi connectivity index (χ0n) is 17.8. The molecule has 2 fully saturated rings. The number of amides is 1. The lowest BCUT2D eigenvalue weighted by molar-refractivity contribution is 0.0790. The first kappa shape index (κ1) is 20.0. The van der Waals surface area contributed by atoms with E-state index in [4.69, 9.17) is 0 Å². The lowest BCUT2D eigenvalue weighted by atomic mass is 10.2. The fraction of sp³-hybridized carbons (Fsp3) is 0.261. The maximum Gasteiger partial charge on any atom is 0.285 e. The molecule has 6 rings (SSSR count). The van der Waals surface area contributed by atoms with Gasteiger partial charge in [0, 0.05) is 54.4 Å². The zero-order chi connectivity index (χ0) is 22.2. The minimum atomic E-state index is -0.0857. The second-order valence-electron chi connectivity index (χ2n) is 8.21. The van der Waals surface area contributed by atoms with Crippen molar-refractivity contribution in [3.05, 3.63) is 53.8 Å². The van der Waals surface area contributed by atoms with Crippen LogP contribution in [0.25, 0.3) is 21.5 Å². The molecule has 2 aliphatic rings. The Balaban J connectivity index is 1.28. The van der Waals surface area contributed by atoms with Gasteiger partial charge in [-0.05, 0) is 37.1 Å². The van der Waals surface area contributed by atoms with Gasteiger partial charge in [-0.3, -0.25) is 15.1 Å². The van der Waals surface area contributed by atoms with Crippen LogP contribution >= 0.6 is 11.3 Å².